The van der Waals surface area contributed by atoms with E-state index in [1.807, 2.05) is 19.1 Å². The van der Waals surface area contributed by atoms with Crippen molar-refractivity contribution >= 4 is 35.0 Å². The minimum absolute atomic E-state index is 0.299. The van der Waals surface area contributed by atoms with Gasteiger partial charge in [-0.1, -0.05) is 11.8 Å². The molecule has 2 aliphatic rings. The number of carbonyl (C=O) groups excluding carboxylic acids is 2. The molecular weight excluding hydrogens is 338 g/mol. The Balaban J connectivity index is 1.79. The van der Waals surface area contributed by atoms with E-state index >= 15 is 0 Å². The van der Waals surface area contributed by atoms with Crippen LogP contribution < -0.4 is 15.4 Å². The molecule has 6 nitrogen and oxygen atoms in total. The largest absolute Gasteiger partial charge is 0.497 e. The van der Waals surface area contributed by atoms with Crippen LogP contribution in [0.25, 0.3) is 5.70 Å². The van der Waals surface area contributed by atoms with Gasteiger partial charge in [-0.3, -0.25) is 9.59 Å². The van der Waals surface area contributed by atoms with Crippen LogP contribution in [-0.4, -0.2) is 29.2 Å². The Bertz CT molecular complexity index is 937. The number of ether oxygens (including phenoxy) is 1. The van der Waals surface area contributed by atoms with Crippen molar-refractivity contribution in [1.29, 1.82) is 0 Å². The number of nitrogens with zero attached hydrogens (tertiary/aromatic N) is 2. The van der Waals surface area contributed by atoms with Gasteiger partial charge in [-0.15, -0.1) is 0 Å². The number of thioether (sulfide) groups is 1. The molecule has 1 saturated heterocycles. The molecule has 25 heavy (non-hydrogen) atoms. The number of hydrogen-bond donors (Lipinski definition) is 1. The first-order valence-electron chi connectivity index (χ1n) is 7.68. The van der Waals surface area contributed by atoms with Crippen molar-refractivity contribution in [3.8, 4) is 5.75 Å². The Hall–Kier alpha value is -2.80. The quantitative estimate of drug-likeness (QED) is 0.833. The van der Waals surface area contributed by atoms with Crippen molar-refractivity contribution in [2.75, 3.05) is 12.0 Å². The summed E-state index contributed by atoms with van der Waals surface area (Å²) < 4.78 is 5.12. The monoisotopic (exact) mass is 353 g/mol. The fourth-order valence-corrected chi connectivity index (χ4v) is 4.28. The number of nitrogens with two attached hydrogens (primary N) is 1. The van der Waals surface area contributed by atoms with Gasteiger partial charge >= 0.3 is 0 Å². The van der Waals surface area contributed by atoms with Crippen molar-refractivity contribution < 1.29 is 14.3 Å². The number of carbonyl (C=O) groups is 2. The highest BCUT2D eigenvalue weighted by molar-refractivity contribution is 8.01. The number of anilines is 1. The number of pyridine rings is 1. The number of aromatic nitrogens is 1. The van der Waals surface area contributed by atoms with E-state index in [1.165, 1.54) is 16.7 Å². The summed E-state index contributed by atoms with van der Waals surface area (Å²) in [7, 11) is 1.56. The maximum absolute atomic E-state index is 12.9. The molecule has 2 aliphatic heterocycles. The fourth-order valence-electron chi connectivity index (χ4n) is 3.00. The second-order valence-corrected chi connectivity index (χ2v) is 6.90. The van der Waals surface area contributed by atoms with Crippen molar-refractivity contribution in [1.82, 2.24) is 4.98 Å². The van der Waals surface area contributed by atoms with Gasteiger partial charge in [0.1, 0.15) is 16.0 Å². The molecule has 2 N–H and O–H groups in total. The molecule has 126 valence electrons. The smallest absolute Gasteiger partial charge is 0.264 e. The van der Waals surface area contributed by atoms with Crippen molar-refractivity contribution in [2.24, 2.45) is 5.73 Å². The van der Waals surface area contributed by atoms with Gasteiger partial charge in [0, 0.05) is 11.3 Å². The zero-order chi connectivity index (χ0) is 17.7. The van der Waals surface area contributed by atoms with Gasteiger partial charge in [0.2, 0.25) is 0 Å². The zero-order valence-electron chi connectivity index (χ0n) is 13.6. The van der Waals surface area contributed by atoms with Crippen LogP contribution in [-0.2, 0) is 9.59 Å². The maximum Gasteiger partial charge on any atom is 0.264 e. The minimum Gasteiger partial charge on any atom is -0.497 e. The first kappa shape index (κ1) is 15.7. The summed E-state index contributed by atoms with van der Waals surface area (Å²) in [6.45, 7) is 1.88. The Labute approximate surface area is 148 Å². The van der Waals surface area contributed by atoms with Crippen LogP contribution in [0.5, 0.6) is 5.75 Å². The molecule has 0 bridgehead atoms. The summed E-state index contributed by atoms with van der Waals surface area (Å²) in [5.74, 6) is -0.0242. The van der Waals surface area contributed by atoms with E-state index in [1.54, 1.807) is 31.4 Å². The average molecular weight is 353 g/mol. The van der Waals surface area contributed by atoms with Gasteiger partial charge in [-0.25, -0.2) is 9.88 Å². The molecule has 1 fully saturated rings. The Morgan fingerprint density at radius 2 is 1.88 bits per heavy atom. The van der Waals surface area contributed by atoms with Gasteiger partial charge in [0.25, 0.3) is 11.8 Å². The van der Waals surface area contributed by atoms with E-state index in [4.69, 9.17) is 10.5 Å². The van der Waals surface area contributed by atoms with E-state index in [0.717, 1.165) is 5.69 Å². The molecule has 7 heteroatoms. The zero-order valence-corrected chi connectivity index (χ0v) is 14.5. The number of methoxy groups -OCH3 is 1. The number of hydrogen-bond acceptors (Lipinski definition) is 6. The summed E-state index contributed by atoms with van der Waals surface area (Å²) in [6, 6.07) is 10.5. The standard InChI is InChI=1S/C18H15N3O3S/c1-9-3-8-12-14(19)13-15(25-16(12)20-9)18(23)21(17(13)22)10-4-6-11(24-2)7-5-10/h3-8,15H,19H2,1-2H3/t15-/m1/s1. The molecule has 0 aliphatic carbocycles. The lowest BCUT2D eigenvalue weighted by Crippen LogP contribution is -2.31. The number of fused-ring (bicyclic) bond motifs is 2. The third kappa shape index (κ3) is 2.31. The molecule has 0 saturated carbocycles. The minimum atomic E-state index is -0.656. The highest BCUT2D eigenvalue weighted by Crippen LogP contribution is 2.44. The molecule has 0 radical (unpaired) electrons. The molecule has 4 rings (SSSR count). The van der Waals surface area contributed by atoms with Crippen molar-refractivity contribution in [2.45, 2.75) is 17.2 Å². The van der Waals surface area contributed by atoms with Gasteiger partial charge in [-0.05, 0) is 43.3 Å². The van der Waals surface area contributed by atoms with Crippen molar-refractivity contribution in [3.05, 3.63) is 53.2 Å². The van der Waals surface area contributed by atoms with Crippen LogP contribution in [0.15, 0.2) is 47.0 Å². The molecule has 1 aromatic heterocycles. The Kier molecular flexibility index (Phi) is 3.54. The fraction of sp³-hybridized carbons (Fsp3) is 0.167. The Morgan fingerprint density at radius 1 is 1.16 bits per heavy atom. The summed E-state index contributed by atoms with van der Waals surface area (Å²) in [6.07, 6.45) is 0. The molecule has 0 spiro atoms. The first-order chi connectivity index (χ1) is 12.0. The normalized spacial score (nSPS) is 19.1. The summed E-state index contributed by atoms with van der Waals surface area (Å²) in [5, 5.41) is 0.0281. The van der Waals surface area contributed by atoms with Crippen LogP contribution >= 0.6 is 11.8 Å². The molecule has 3 heterocycles. The summed E-state index contributed by atoms with van der Waals surface area (Å²) >= 11 is 1.28. The molecule has 1 aromatic carbocycles. The number of amides is 2. The van der Waals surface area contributed by atoms with Crippen LogP contribution in [0.1, 0.15) is 11.3 Å². The molecule has 0 unspecified atom stereocenters. The maximum atomic E-state index is 12.9. The van der Waals surface area contributed by atoms with Crippen LogP contribution in [0.4, 0.5) is 5.69 Å². The lowest BCUT2D eigenvalue weighted by Gasteiger charge is -2.19. The summed E-state index contributed by atoms with van der Waals surface area (Å²) in [4.78, 5) is 31.4. The third-order valence-corrected chi connectivity index (χ3v) is 5.49. The molecule has 2 aromatic rings. The molecule has 1 atom stereocenters. The lowest BCUT2D eigenvalue weighted by atomic mass is 10.1. The SMILES string of the molecule is COc1ccc(N2C(=O)C3=C(N)c4ccc(C)nc4S[C@H]3C2=O)cc1. The van der Waals surface area contributed by atoms with E-state index in [0.29, 0.717) is 33.3 Å². The first-order valence-corrected chi connectivity index (χ1v) is 8.56. The van der Waals surface area contributed by atoms with Gasteiger partial charge < -0.3 is 10.5 Å². The van der Waals surface area contributed by atoms with E-state index in [-0.39, 0.29) is 11.8 Å². The lowest BCUT2D eigenvalue weighted by molar-refractivity contribution is -0.120. The molecule has 2 amide bonds. The van der Waals surface area contributed by atoms with Crippen LogP contribution in [0.2, 0.25) is 0 Å². The van der Waals surface area contributed by atoms with Gasteiger partial charge in [-0.2, -0.15) is 0 Å². The number of rotatable bonds is 2. The Morgan fingerprint density at radius 3 is 2.56 bits per heavy atom. The van der Waals surface area contributed by atoms with E-state index in [2.05, 4.69) is 4.98 Å². The topological polar surface area (TPSA) is 85.5 Å². The predicted molar refractivity (Wildman–Crippen MR) is 95.2 cm³/mol. The number of aryl methyl sites for hydroxylation is 1. The van der Waals surface area contributed by atoms with E-state index in [9.17, 15) is 9.59 Å². The van der Waals surface area contributed by atoms with Crippen LogP contribution in [0.3, 0.4) is 0 Å². The highest BCUT2D eigenvalue weighted by Gasteiger charge is 2.48. The third-order valence-electron chi connectivity index (χ3n) is 4.28. The van der Waals surface area contributed by atoms with Gasteiger partial charge in [0.05, 0.1) is 24.1 Å². The average Bonchev–Trinajstić information content (AvgIpc) is 2.86. The van der Waals surface area contributed by atoms with Crippen molar-refractivity contribution in [3.63, 3.8) is 0 Å². The predicted octanol–water partition coefficient (Wildman–Crippen LogP) is 2.12. The van der Waals surface area contributed by atoms with E-state index < -0.39 is 5.25 Å². The molecular formula is C18H15N3O3S. The second-order valence-electron chi connectivity index (χ2n) is 5.81. The van der Waals surface area contributed by atoms with Crippen LogP contribution in [0, 0.1) is 6.92 Å². The number of benzene rings is 1. The van der Waals surface area contributed by atoms with Gasteiger partial charge in [0.15, 0.2) is 0 Å². The second kappa shape index (κ2) is 5.63. The summed E-state index contributed by atoms with van der Waals surface area (Å²) in [5.41, 5.74) is 8.94. The number of imide groups is 1. The highest BCUT2D eigenvalue weighted by atomic mass is 32.2.